The molecule has 1 aromatic carbocycles. The van der Waals surface area contributed by atoms with E-state index in [-0.39, 0.29) is 5.54 Å². The van der Waals surface area contributed by atoms with Crippen molar-refractivity contribution in [3.05, 3.63) is 35.1 Å². The standard InChI is InChI=1S/C12H16ClN5/c1-4-12(2,14-3)11-15-16-17-18(11)10-7-5-9(13)6-8-10/h5-8,14H,4H2,1-3H3/t12-/m0/s1. The molecule has 0 spiro atoms. The van der Waals surface area contributed by atoms with Crippen LogP contribution >= 0.6 is 11.6 Å². The van der Waals surface area contributed by atoms with E-state index in [2.05, 4.69) is 34.7 Å². The van der Waals surface area contributed by atoms with Gasteiger partial charge in [-0.25, -0.2) is 0 Å². The summed E-state index contributed by atoms with van der Waals surface area (Å²) >= 11 is 5.88. The van der Waals surface area contributed by atoms with Crippen molar-refractivity contribution in [2.24, 2.45) is 0 Å². The van der Waals surface area contributed by atoms with Crippen LogP contribution < -0.4 is 5.32 Å². The van der Waals surface area contributed by atoms with Gasteiger partial charge >= 0.3 is 0 Å². The maximum absolute atomic E-state index is 5.88. The van der Waals surface area contributed by atoms with Gasteiger partial charge in [-0.1, -0.05) is 18.5 Å². The zero-order valence-electron chi connectivity index (χ0n) is 10.7. The zero-order chi connectivity index (χ0) is 13.2. The van der Waals surface area contributed by atoms with Gasteiger partial charge in [0.2, 0.25) is 0 Å². The van der Waals surface area contributed by atoms with Crippen LogP contribution in [0.25, 0.3) is 5.69 Å². The molecular formula is C12H16ClN5. The summed E-state index contributed by atoms with van der Waals surface area (Å²) in [4.78, 5) is 0. The van der Waals surface area contributed by atoms with Gasteiger partial charge in [0.25, 0.3) is 0 Å². The highest BCUT2D eigenvalue weighted by Crippen LogP contribution is 2.23. The topological polar surface area (TPSA) is 55.6 Å². The Morgan fingerprint density at radius 1 is 1.33 bits per heavy atom. The quantitative estimate of drug-likeness (QED) is 0.920. The summed E-state index contributed by atoms with van der Waals surface area (Å²) in [5.41, 5.74) is 0.637. The summed E-state index contributed by atoms with van der Waals surface area (Å²) in [6.45, 7) is 4.17. The molecule has 1 N–H and O–H groups in total. The van der Waals surface area contributed by atoms with Crippen molar-refractivity contribution in [3.8, 4) is 5.69 Å². The van der Waals surface area contributed by atoms with Gasteiger partial charge in [0, 0.05) is 5.02 Å². The summed E-state index contributed by atoms with van der Waals surface area (Å²) in [5, 5.41) is 15.9. The molecular weight excluding hydrogens is 250 g/mol. The van der Waals surface area contributed by atoms with E-state index in [1.165, 1.54) is 0 Å². The van der Waals surface area contributed by atoms with Crippen LogP contribution in [0.15, 0.2) is 24.3 Å². The Morgan fingerprint density at radius 3 is 2.56 bits per heavy atom. The smallest absolute Gasteiger partial charge is 0.176 e. The molecule has 0 aliphatic carbocycles. The molecule has 0 aliphatic heterocycles. The third-order valence-corrected chi connectivity index (χ3v) is 3.55. The summed E-state index contributed by atoms with van der Waals surface area (Å²) < 4.78 is 1.73. The first kappa shape index (κ1) is 13.0. The fourth-order valence-corrected chi connectivity index (χ4v) is 1.86. The highest BCUT2D eigenvalue weighted by Gasteiger charge is 2.29. The fourth-order valence-electron chi connectivity index (χ4n) is 1.73. The van der Waals surface area contributed by atoms with Crippen LogP contribution in [-0.2, 0) is 5.54 Å². The lowest BCUT2D eigenvalue weighted by Crippen LogP contribution is -2.38. The van der Waals surface area contributed by atoms with Gasteiger partial charge in [-0.3, -0.25) is 0 Å². The molecule has 0 unspecified atom stereocenters. The maximum atomic E-state index is 5.88. The van der Waals surface area contributed by atoms with Gasteiger partial charge in [0.05, 0.1) is 11.2 Å². The first-order chi connectivity index (χ1) is 8.60. The first-order valence-electron chi connectivity index (χ1n) is 5.84. The number of rotatable bonds is 4. The second kappa shape index (κ2) is 5.04. The van der Waals surface area contributed by atoms with Gasteiger partial charge in [-0.05, 0) is 55.1 Å². The molecule has 1 atom stereocenters. The van der Waals surface area contributed by atoms with Crippen molar-refractivity contribution in [2.75, 3.05) is 7.05 Å². The van der Waals surface area contributed by atoms with Crippen molar-refractivity contribution in [3.63, 3.8) is 0 Å². The Hall–Kier alpha value is -1.46. The minimum absolute atomic E-state index is 0.261. The van der Waals surface area contributed by atoms with E-state index in [1.807, 2.05) is 31.3 Å². The molecule has 0 saturated heterocycles. The van der Waals surface area contributed by atoms with E-state index in [0.717, 1.165) is 17.9 Å². The number of tetrazole rings is 1. The Kier molecular flexibility index (Phi) is 3.63. The highest BCUT2D eigenvalue weighted by atomic mass is 35.5. The molecule has 2 aromatic rings. The number of hydrogen-bond donors (Lipinski definition) is 1. The van der Waals surface area contributed by atoms with Crippen LogP contribution in [0, 0.1) is 0 Å². The molecule has 0 saturated carbocycles. The minimum Gasteiger partial charge on any atom is -0.308 e. The number of nitrogens with one attached hydrogen (secondary N) is 1. The second-order valence-electron chi connectivity index (χ2n) is 4.33. The van der Waals surface area contributed by atoms with E-state index >= 15 is 0 Å². The van der Waals surface area contributed by atoms with Crippen molar-refractivity contribution in [2.45, 2.75) is 25.8 Å². The van der Waals surface area contributed by atoms with Crippen LogP contribution in [0.1, 0.15) is 26.1 Å². The molecule has 0 bridgehead atoms. The number of nitrogens with zero attached hydrogens (tertiary/aromatic N) is 4. The number of aromatic nitrogens is 4. The van der Waals surface area contributed by atoms with Crippen molar-refractivity contribution in [1.82, 2.24) is 25.5 Å². The van der Waals surface area contributed by atoms with Crippen molar-refractivity contribution in [1.29, 1.82) is 0 Å². The monoisotopic (exact) mass is 265 g/mol. The van der Waals surface area contributed by atoms with Crippen LogP contribution in [0.2, 0.25) is 5.02 Å². The van der Waals surface area contributed by atoms with Crippen LogP contribution in [-0.4, -0.2) is 27.3 Å². The fraction of sp³-hybridized carbons (Fsp3) is 0.417. The molecule has 18 heavy (non-hydrogen) atoms. The van der Waals surface area contributed by atoms with Gasteiger partial charge in [0.15, 0.2) is 5.82 Å². The van der Waals surface area contributed by atoms with E-state index in [0.29, 0.717) is 5.02 Å². The van der Waals surface area contributed by atoms with E-state index < -0.39 is 0 Å². The van der Waals surface area contributed by atoms with Gasteiger partial charge in [-0.2, -0.15) is 4.68 Å². The SMILES string of the molecule is CC[C@](C)(NC)c1nnnn1-c1ccc(Cl)cc1. The summed E-state index contributed by atoms with van der Waals surface area (Å²) in [6.07, 6.45) is 0.886. The maximum Gasteiger partial charge on any atom is 0.176 e. The van der Waals surface area contributed by atoms with Gasteiger partial charge in [-0.15, -0.1) is 5.10 Å². The van der Waals surface area contributed by atoms with E-state index in [9.17, 15) is 0 Å². The van der Waals surface area contributed by atoms with Gasteiger partial charge < -0.3 is 5.32 Å². The molecule has 1 aromatic heterocycles. The molecule has 96 valence electrons. The largest absolute Gasteiger partial charge is 0.308 e. The Labute approximate surface area is 111 Å². The number of halogens is 1. The predicted octanol–water partition coefficient (Wildman–Crippen LogP) is 2.16. The van der Waals surface area contributed by atoms with Crippen LogP contribution in [0.5, 0.6) is 0 Å². The average Bonchev–Trinajstić information content (AvgIpc) is 2.88. The lowest BCUT2D eigenvalue weighted by Gasteiger charge is -2.26. The molecule has 0 amide bonds. The normalized spacial score (nSPS) is 14.4. The predicted molar refractivity (Wildman–Crippen MR) is 70.9 cm³/mol. The molecule has 1 heterocycles. The zero-order valence-corrected chi connectivity index (χ0v) is 11.4. The lowest BCUT2D eigenvalue weighted by molar-refractivity contribution is 0.354. The molecule has 5 nitrogen and oxygen atoms in total. The van der Waals surface area contributed by atoms with Crippen molar-refractivity contribution < 1.29 is 0 Å². The van der Waals surface area contributed by atoms with Crippen LogP contribution in [0.4, 0.5) is 0 Å². The third kappa shape index (κ3) is 2.23. The summed E-state index contributed by atoms with van der Waals surface area (Å²) in [5.74, 6) is 0.787. The van der Waals surface area contributed by atoms with Gasteiger partial charge in [0.1, 0.15) is 0 Å². The first-order valence-corrected chi connectivity index (χ1v) is 6.22. The number of benzene rings is 1. The van der Waals surface area contributed by atoms with Crippen molar-refractivity contribution >= 4 is 11.6 Å². The van der Waals surface area contributed by atoms with Crippen LogP contribution in [0.3, 0.4) is 0 Å². The highest BCUT2D eigenvalue weighted by molar-refractivity contribution is 6.30. The number of hydrogen-bond acceptors (Lipinski definition) is 4. The Morgan fingerprint density at radius 2 is 2.00 bits per heavy atom. The van der Waals surface area contributed by atoms with E-state index in [1.54, 1.807) is 4.68 Å². The van der Waals surface area contributed by atoms with E-state index in [4.69, 9.17) is 11.6 Å². The lowest BCUT2D eigenvalue weighted by atomic mass is 9.98. The third-order valence-electron chi connectivity index (χ3n) is 3.29. The minimum atomic E-state index is -0.261. The second-order valence-corrected chi connectivity index (χ2v) is 4.76. The Balaban J connectivity index is 2.48. The molecule has 0 fully saturated rings. The molecule has 0 aliphatic rings. The summed E-state index contributed by atoms with van der Waals surface area (Å²) in [7, 11) is 1.91. The molecule has 6 heteroatoms. The molecule has 0 radical (unpaired) electrons. The summed E-state index contributed by atoms with van der Waals surface area (Å²) in [6, 6.07) is 7.44. The average molecular weight is 266 g/mol. The Bertz CT molecular complexity index is 516. The molecule has 2 rings (SSSR count).